The molecule has 1 aromatic rings. The number of rotatable bonds is 3. The molecule has 3 aliphatic rings. The Balaban J connectivity index is 1.48. The van der Waals surface area contributed by atoms with Crippen LogP contribution in [0.5, 0.6) is 11.5 Å². The second-order valence-electron chi connectivity index (χ2n) is 6.41. The molecule has 1 N–H and O–H groups in total. The molecule has 4 heteroatoms. The van der Waals surface area contributed by atoms with Crippen molar-refractivity contribution in [2.75, 3.05) is 31.2 Å². The quantitative estimate of drug-likeness (QED) is 0.927. The molecule has 1 aliphatic carbocycles. The van der Waals surface area contributed by atoms with Gasteiger partial charge < -0.3 is 19.7 Å². The van der Waals surface area contributed by atoms with Crippen LogP contribution >= 0.6 is 0 Å². The second kappa shape index (κ2) is 5.76. The van der Waals surface area contributed by atoms with E-state index in [1.165, 1.54) is 31.4 Å². The number of nitrogens with one attached hydrogen (secondary N) is 1. The summed E-state index contributed by atoms with van der Waals surface area (Å²) in [6.07, 6.45) is 6.25. The highest BCUT2D eigenvalue weighted by Crippen LogP contribution is 2.34. The van der Waals surface area contributed by atoms with Gasteiger partial charge in [-0.2, -0.15) is 0 Å². The van der Waals surface area contributed by atoms with Gasteiger partial charge in [-0.15, -0.1) is 0 Å². The number of nitrogens with zero attached hydrogens (tertiary/aromatic N) is 1. The Hall–Kier alpha value is -1.42. The number of fused-ring (bicyclic) bond motifs is 1. The zero-order chi connectivity index (χ0) is 14.1. The molecule has 1 saturated heterocycles. The summed E-state index contributed by atoms with van der Waals surface area (Å²) in [6, 6.07) is 7.82. The van der Waals surface area contributed by atoms with Crippen LogP contribution in [-0.4, -0.2) is 38.4 Å². The molecule has 2 aliphatic heterocycles. The van der Waals surface area contributed by atoms with E-state index < -0.39 is 0 Å². The van der Waals surface area contributed by atoms with Crippen LogP contribution in [0.3, 0.4) is 0 Å². The van der Waals surface area contributed by atoms with E-state index in [0.29, 0.717) is 6.04 Å². The third-order valence-corrected chi connectivity index (χ3v) is 4.57. The molecule has 1 atom stereocenters. The van der Waals surface area contributed by atoms with Crippen molar-refractivity contribution in [2.24, 2.45) is 0 Å². The molecule has 0 radical (unpaired) electrons. The van der Waals surface area contributed by atoms with Crippen molar-refractivity contribution < 1.29 is 9.47 Å². The molecule has 0 amide bonds. The van der Waals surface area contributed by atoms with Gasteiger partial charge in [0, 0.05) is 43.3 Å². The van der Waals surface area contributed by atoms with Crippen molar-refractivity contribution in [3.63, 3.8) is 0 Å². The fraction of sp³-hybridized carbons (Fsp3) is 0.647. The highest BCUT2D eigenvalue weighted by Gasteiger charge is 2.28. The van der Waals surface area contributed by atoms with Gasteiger partial charge in [0.1, 0.15) is 0 Å². The van der Waals surface area contributed by atoms with Crippen molar-refractivity contribution in [1.29, 1.82) is 0 Å². The summed E-state index contributed by atoms with van der Waals surface area (Å²) in [5.74, 6) is 1.79. The summed E-state index contributed by atoms with van der Waals surface area (Å²) in [7, 11) is 0. The summed E-state index contributed by atoms with van der Waals surface area (Å²) < 4.78 is 11.5. The average molecular weight is 288 g/mol. The summed E-state index contributed by atoms with van der Waals surface area (Å²) in [5.41, 5.74) is 1.27. The van der Waals surface area contributed by atoms with Gasteiger partial charge in [-0.3, -0.25) is 0 Å². The van der Waals surface area contributed by atoms with Crippen LogP contribution in [0, 0.1) is 0 Å². The molecule has 114 valence electrons. The smallest absolute Gasteiger partial charge is 0.163 e. The average Bonchev–Trinajstić information content (AvgIpc) is 3.33. The summed E-state index contributed by atoms with van der Waals surface area (Å²) in [5, 5.41) is 3.77. The van der Waals surface area contributed by atoms with E-state index in [-0.39, 0.29) is 0 Å². The van der Waals surface area contributed by atoms with Crippen LogP contribution in [0.2, 0.25) is 0 Å². The molecule has 1 aromatic carbocycles. The zero-order valence-electron chi connectivity index (χ0n) is 12.5. The maximum Gasteiger partial charge on any atom is 0.163 e. The number of piperidine rings is 1. The van der Waals surface area contributed by atoms with Crippen LogP contribution < -0.4 is 19.7 Å². The van der Waals surface area contributed by atoms with Crippen LogP contribution in [0.25, 0.3) is 0 Å². The maximum atomic E-state index is 5.81. The molecule has 0 spiro atoms. The first kappa shape index (κ1) is 13.3. The van der Waals surface area contributed by atoms with Gasteiger partial charge >= 0.3 is 0 Å². The number of benzene rings is 1. The van der Waals surface area contributed by atoms with Gasteiger partial charge in [0.2, 0.25) is 0 Å². The molecule has 4 rings (SSSR count). The van der Waals surface area contributed by atoms with E-state index in [4.69, 9.17) is 9.47 Å². The third kappa shape index (κ3) is 3.10. The Bertz CT molecular complexity index is 502. The molecular weight excluding hydrogens is 264 g/mol. The molecule has 1 unspecified atom stereocenters. The Morgan fingerprint density at radius 2 is 1.81 bits per heavy atom. The number of anilines is 1. The molecule has 21 heavy (non-hydrogen) atoms. The van der Waals surface area contributed by atoms with E-state index in [1.807, 2.05) is 0 Å². The molecule has 0 bridgehead atoms. The molecule has 4 nitrogen and oxygen atoms in total. The topological polar surface area (TPSA) is 33.7 Å². The zero-order valence-corrected chi connectivity index (χ0v) is 12.5. The largest absolute Gasteiger partial charge is 0.490 e. The minimum atomic E-state index is 0.641. The minimum absolute atomic E-state index is 0.641. The molecular formula is C17H24N2O2. The first-order valence-corrected chi connectivity index (χ1v) is 8.29. The first-order valence-electron chi connectivity index (χ1n) is 8.29. The number of ether oxygens (including phenoxy) is 2. The van der Waals surface area contributed by atoms with E-state index in [0.717, 1.165) is 50.3 Å². The summed E-state index contributed by atoms with van der Waals surface area (Å²) in [6.45, 7) is 3.75. The van der Waals surface area contributed by atoms with E-state index in [2.05, 4.69) is 28.4 Å². The lowest BCUT2D eigenvalue weighted by molar-refractivity contribution is 0.297. The van der Waals surface area contributed by atoms with Crippen molar-refractivity contribution >= 4 is 5.69 Å². The highest BCUT2D eigenvalue weighted by atomic mass is 16.5. The van der Waals surface area contributed by atoms with Crippen LogP contribution in [0.4, 0.5) is 5.69 Å². The Morgan fingerprint density at radius 3 is 2.67 bits per heavy atom. The standard InChI is InChI=1S/C17H24N2O2/c1-3-14(18-13-4-5-13)12-19(8-1)15-6-7-16-17(11-15)21-10-2-9-20-16/h6-7,11,13-14,18H,1-5,8-10,12H2. The number of hydrogen-bond acceptors (Lipinski definition) is 4. The lowest BCUT2D eigenvalue weighted by Gasteiger charge is -2.35. The SMILES string of the molecule is c1cc2c(cc1N1CCCC(NC3CC3)C1)OCCCO2. The van der Waals surface area contributed by atoms with Gasteiger partial charge in [0.25, 0.3) is 0 Å². The van der Waals surface area contributed by atoms with E-state index in [9.17, 15) is 0 Å². The summed E-state index contributed by atoms with van der Waals surface area (Å²) >= 11 is 0. The predicted octanol–water partition coefficient (Wildman–Crippen LogP) is 2.57. The second-order valence-corrected chi connectivity index (χ2v) is 6.41. The number of hydrogen-bond donors (Lipinski definition) is 1. The van der Waals surface area contributed by atoms with Crippen LogP contribution in [0.1, 0.15) is 32.1 Å². The lowest BCUT2D eigenvalue weighted by Crippen LogP contribution is -2.46. The van der Waals surface area contributed by atoms with Gasteiger partial charge in [-0.25, -0.2) is 0 Å². The Labute approximate surface area is 126 Å². The van der Waals surface area contributed by atoms with Crippen LogP contribution in [0.15, 0.2) is 18.2 Å². The normalized spacial score (nSPS) is 25.5. The fourth-order valence-corrected chi connectivity index (χ4v) is 3.28. The van der Waals surface area contributed by atoms with Gasteiger partial charge in [-0.1, -0.05) is 0 Å². The summed E-state index contributed by atoms with van der Waals surface area (Å²) in [4.78, 5) is 2.48. The Morgan fingerprint density at radius 1 is 0.952 bits per heavy atom. The molecule has 2 fully saturated rings. The lowest BCUT2D eigenvalue weighted by atomic mass is 10.0. The maximum absolute atomic E-state index is 5.81. The van der Waals surface area contributed by atoms with Crippen molar-refractivity contribution in [2.45, 2.75) is 44.2 Å². The Kier molecular flexibility index (Phi) is 3.63. The van der Waals surface area contributed by atoms with Crippen LogP contribution in [-0.2, 0) is 0 Å². The monoisotopic (exact) mass is 288 g/mol. The highest BCUT2D eigenvalue weighted by molar-refractivity contribution is 5.57. The van der Waals surface area contributed by atoms with Crippen molar-refractivity contribution in [1.82, 2.24) is 5.32 Å². The molecule has 0 aromatic heterocycles. The third-order valence-electron chi connectivity index (χ3n) is 4.57. The van der Waals surface area contributed by atoms with Crippen molar-refractivity contribution in [3.8, 4) is 11.5 Å². The molecule has 1 saturated carbocycles. The predicted molar refractivity (Wildman–Crippen MR) is 83.4 cm³/mol. The first-order chi connectivity index (χ1) is 10.4. The molecule has 2 heterocycles. The minimum Gasteiger partial charge on any atom is -0.490 e. The van der Waals surface area contributed by atoms with Gasteiger partial charge in [0.05, 0.1) is 13.2 Å². The van der Waals surface area contributed by atoms with Crippen molar-refractivity contribution in [3.05, 3.63) is 18.2 Å². The van der Waals surface area contributed by atoms with Gasteiger partial charge in [-0.05, 0) is 37.8 Å². The van der Waals surface area contributed by atoms with E-state index >= 15 is 0 Å². The van der Waals surface area contributed by atoms with Gasteiger partial charge in [0.15, 0.2) is 11.5 Å². The fourth-order valence-electron chi connectivity index (χ4n) is 3.28. The van der Waals surface area contributed by atoms with E-state index in [1.54, 1.807) is 0 Å².